The van der Waals surface area contributed by atoms with Crippen LogP contribution in [-0.2, 0) is 11.2 Å². The summed E-state index contributed by atoms with van der Waals surface area (Å²) in [5.41, 5.74) is 2.83. The number of carbonyl (C=O) groups is 2. The number of likely N-dealkylation sites (tertiary alicyclic amines) is 1. The maximum Gasteiger partial charge on any atom is 0.253 e. The zero-order valence-corrected chi connectivity index (χ0v) is 18.9. The number of amides is 2. The van der Waals surface area contributed by atoms with Crippen LogP contribution in [-0.4, -0.2) is 46.3 Å². The van der Waals surface area contributed by atoms with E-state index in [1.165, 1.54) is 32.1 Å². The highest BCUT2D eigenvalue weighted by Crippen LogP contribution is 2.34. The van der Waals surface area contributed by atoms with Gasteiger partial charge in [0.25, 0.3) is 5.91 Å². The molecule has 0 unspecified atom stereocenters. The Kier molecular flexibility index (Phi) is 5.94. The Balaban J connectivity index is 1.37. The fourth-order valence-corrected chi connectivity index (χ4v) is 5.52. The molecule has 6 heteroatoms. The van der Waals surface area contributed by atoms with Gasteiger partial charge in [-0.3, -0.25) is 14.5 Å². The Morgan fingerprint density at radius 2 is 1.81 bits per heavy atom. The van der Waals surface area contributed by atoms with Crippen LogP contribution < -0.4 is 4.90 Å². The molecular weight excluding hydrogens is 400 g/mol. The highest BCUT2D eigenvalue weighted by atomic mass is 16.2. The molecule has 1 aromatic heterocycles. The van der Waals surface area contributed by atoms with E-state index in [-0.39, 0.29) is 17.7 Å². The minimum Gasteiger partial charge on any atom is -0.338 e. The molecule has 1 aliphatic carbocycles. The van der Waals surface area contributed by atoms with Crippen molar-refractivity contribution in [1.82, 2.24) is 14.9 Å². The van der Waals surface area contributed by atoms with Crippen molar-refractivity contribution in [2.24, 2.45) is 5.92 Å². The topological polar surface area (TPSA) is 66.4 Å². The molecule has 6 nitrogen and oxygen atoms in total. The minimum atomic E-state index is 0.0666. The maximum atomic E-state index is 12.9. The molecule has 0 N–H and O–H groups in total. The lowest BCUT2D eigenvalue weighted by Gasteiger charge is -2.33. The van der Waals surface area contributed by atoms with Gasteiger partial charge in [-0.25, -0.2) is 9.97 Å². The fourth-order valence-electron chi connectivity index (χ4n) is 5.52. The quantitative estimate of drug-likeness (QED) is 0.724. The maximum absolute atomic E-state index is 12.9. The third kappa shape index (κ3) is 4.15. The third-order valence-corrected chi connectivity index (χ3v) is 7.38. The number of benzene rings is 1. The highest BCUT2D eigenvalue weighted by Gasteiger charge is 2.34. The molecule has 2 aromatic rings. The first-order valence-electron chi connectivity index (χ1n) is 12.1. The number of hydrogen-bond donors (Lipinski definition) is 0. The van der Waals surface area contributed by atoms with E-state index in [4.69, 9.17) is 9.97 Å². The second-order valence-electron chi connectivity index (χ2n) is 9.58. The average molecular weight is 433 g/mol. The summed E-state index contributed by atoms with van der Waals surface area (Å²) in [4.78, 5) is 39.4. The third-order valence-electron chi connectivity index (χ3n) is 7.38. The number of rotatable bonds is 4. The second-order valence-corrected chi connectivity index (χ2v) is 9.58. The molecule has 2 aliphatic heterocycles. The zero-order valence-electron chi connectivity index (χ0n) is 18.9. The highest BCUT2D eigenvalue weighted by molar-refractivity contribution is 5.95. The summed E-state index contributed by atoms with van der Waals surface area (Å²) in [6.07, 6.45) is 8.38. The molecule has 3 aliphatic rings. The summed E-state index contributed by atoms with van der Waals surface area (Å²) in [6, 6.07) is 9.45. The summed E-state index contributed by atoms with van der Waals surface area (Å²) < 4.78 is 0. The molecule has 2 amide bonds. The van der Waals surface area contributed by atoms with Gasteiger partial charge in [0.2, 0.25) is 5.91 Å². The van der Waals surface area contributed by atoms with E-state index in [9.17, 15) is 9.59 Å². The van der Waals surface area contributed by atoms with E-state index in [0.29, 0.717) is 25.4 Å². The number of fused-ring (bicyclic) bond motifs is 1. The predicted molar refractivity (Wildman–Crippen MR) is 124 cm³/mol. The van der Waals surface area contributed by atoms with Gasteiger partial charge in [-0.2, -0.15) is 0 Å². The van der Waals surface area contributed by atoms with E-state index in [1.807, 2.05) is 47.1 Å². The number of hydrogen-bond acceptors (Lipinski definition) is 4. The van der Waals surface area contributed by atoms with E-state index in [0.717, 1.165) is 47.8 Å². The van der Waals surface area contributed by atoms with E-state index in [2.05, 4.69) is 0 Å². The van der Waals surface area contributed by atoms with Crippen molar-refractivity contribution in [3.05, 3.63) is 53.0 Å². The van der Waals surface area contributed by atoms with Gasteiger partial charge in [0.05, 0.1) is 0 Å². The van der Waals surface area contributed by atoms with Gasteiger partial charge < -0.3 is 4.90 Å². The molecule has 0 spiro atoms. The SMILES string of the molecule is Cc1nc([C@@H]2CCN(C(=O)c3ccccc3)C2)nc2c1CCC(=O)N2CC1CCCCC1. The van der Waals surface area contributed by atoms with Crippen LogP contribution in [0.4, 0.5) is 5.82 Å². The predicted octanol–water partition coefficient (Wildman–Crippen LogP) is 4.27. The number of aryl methyl sites for hydroxylation is 1. The standard InChI is InChI=1S/C26H32N4O2/c1-18-22-12-13-23(31)30(16-19-8-4-2-5-9-19)25(22)28-24(27-18)21-14-15-29(17-21)26(32)20-10-6-3-7-11-20/h3,6-7,10-11,19,21H,2,4-5,8-9,12-17H2,1H3/t21-/m1/s1. The monoisotopic (exact) mass is 432 g/mol. The molecule has 32 heavy (non-hydrogen) atoms. The lowest BCUT2D eigenvalue weighted by atomic mass is 9.88. The van der Waals surface area contributed by atoms with Gasteiger partial charge in [0.15, 0.2) is 0 Å². The molecule has 2 fully saturated rings. The van der Waals surface area contributed by atoms with Gasteiger partial charge >= 0.3 is 0 Å². The molecular formula is C26H32N4O2. The first kappa shape index (κ1) is 21.1. The van der Waals surface area contributed by atoms with Crippen molar-refractivity contribution in [3.8, 4) is 0 Å². The van der Waals surface area contributed by atoms with Gasteiger partial charge in [-0.1, -0.05) is 37.5 Å². The number of carbonyl (C=O) groups excluding carboxylic acids is 2. The van der Waals surface area contributed by atoms with Crippen LogP contribution in [0.25, 0.3) is 0 Å². The Hall–Kier alpha value is -2.76. The lowest BCUT2D eigenvalue weighted by molar-refractivity contribution is -0.119. The minimum absolute atomic E-state index is 0.0666. The molecule has 0 bridgehead atoms. The first-order chi connectivity index (χ1) is 15.6. The summed E-state index contributed by atoms with van der Waals surface area (Å²) in [5, 5.41) is 0. The van der Waals surface area contributed by atoms with E-state index >= 15 is 0 Å². The largest absolute Gasteiger partial charge is 0.338 e. The van der Waals surface area contributed by atoms with Gasteiger partial charge in [-0.05, 0) is 50.7 Å². The molecule has 1 saturated carbocycles. The van der Waals surface area contributed by atoms with Crippen LogP contribution in [0.5, 0.6) is 0 Å². The number of anilines is 1. The summed E-state index contributed by atoms with van der Waals surface area (Å²) in [7, 11) is 0. The van der Waals surface area contributed by atoms with Crippen molar-refractivity contribution >= 4 is 17.6 Å². The zero-order chi connectivity index (χ0) is 22.1. The summed E-state index contributed by atoms with van der Waals surface area (Å²) >= 11 is 0. The Bertz CT molecular complexity index is 1000. The van der Waals surface area contributed by atoms with Crippen molar-refractivity contribution in [2.75, 3.05) is 24.5 Å². The smallest absolute Gasteiger partial charge is 0.253 e. The van der Waals surface area contributed by atoms with Crippen molar-refractivity contribution in [2.45, 2.75) is 64.2 Å². The second kappa shape index (κ2) is 9.00. The molecule has 5 rings (SSSR count). The molecule has 1 atom stereocenters. The molecule has 168 valence electrons. The van der Waals surface area contributed by atoms with Gasteiger partial charge in [0.1, 0.15) is 11.6 Å². The number of aromatic nitrogens is 2. The normalized spacial score (nSPS) is 21.7. The van der Waals surface area contributed by atoms with Crippen molar-refractivity contribution in [1.29, 1.82) is 0 Å². The molecule has 0 radical (unpaired) electrons. The fraction of sp³-hybridized carbons (Fsp3) is 0.538. The van der Waals surface area contributed by atoms with Crippen molar-refractivity contribution in [3.63, 3.8) is 0 Å². The van der Waals surface area contributed by atoms with E-state index in [1.54, 1.807) is 0 Å². The van der Waals surface area contributed by atoms with Crippen LogP contribution in [0.2, 0.25) is 0 Å². The number of nitrogens with zero attached hydrogens (tertiary/aromatic N) is 4. The van der Waals surface area contributed by atoms with Gasteiger partial charge in [-0.15, -0.1) is 0 Å². The van der Waals surface area contributed by atoms with Gasteiger partial charge in [0, 0.05) is 48.8 Å². The Labute approximate surface area is 190 Å². The first-order valence-corrected chi connectivity index (χ1v) is 12.1. The lowest BCUT2D eigenvalue weighted by Crippen LogP contribution is -2.40. The molecule has 1 saturated heterocycles. The summed E-state index contributed by atoms with van der Waals surface area (Å²) in [5.74, 6) is 2.56. The summed E-state index contributed by atoms with van der Waals surface area (Å²) in [6.45, 7) is 4.16. The average Bonchev–Trinajstić information content (AvgIpc) is 3.32. The van der Waals surface area contributed by atoms with Crippen LogP contribution in [0.15, 0.2) is 30.3 Å². The van der Waals surface area contributed by atoms with Crippen LogP contribution in [0.1, 0.15) is 78.3 Å². The van der Waals surface area contributed by atoms with E-state index < -0.39 is 0 Å². The Morgan fingerprint density at radius 3 is 2.59 bits per heavy atom. The molecule has 1 aromatic carbocycles. The Morgan fingerprint density at radius 1 is 1.03 bits per heavy atom. The van der Waals surface area contributed by atoms with Crippen LogP contribution in [0, 0.1) is 12.8 Å². The van der Waals surface area contributed by atoms with Crippen LogP contribution >= 0.6 is 0 Å². The van der Waals surface area contributed by atoms with Crippen molar-refractivity contribution < 1.29 is 9.59 Å². The molecule has 3 heterocycles. The van der Waals surface area contributed by atoms with Crippen LogP contribution in [0.3, 0.4) is 0 Å².